The van der Waals surface area contributed by atoms with Crippen LogP contribution in [0, 0.1) is 31.6 Å². The van der Waals surface area contributed by atoms with Gasteiger partial charge in [-0.05, 0) is 97.2 Å². The first-order valence-corrected chi connectivity index (χ1v) is 10.1. The Bertz CT molecular complexity index is 901. The average Bonchev–Trinajstić information content (AvgIpc) is 3.28. The summed E-state index contributed by atoms with van der Waals surface area (Å²) in [4.78, 5) is 11.8. The molecule has 2 saturated carbocycles. The molecule has 0 saturated heterocycles. The topological polar surface area (TPSA) is 38.3 Å². The highest BCUT2D eigenvalue weighted by atomic mass is 16.5. The zero-order chi connectivity index (χ0) is 18.7. The molecular formula is C24H27NO2. The maximum atomic E-state index is 11.8. The van der Waals surface area contributed by atoms with Gasteiger partial charge in [0.2, 0.25) is 0 Å². The number of methoxy groups -OCH3 is 1. The lowest BCUT2D eigenvalue weighted by atomic mass is 9.67. The number of hydrogen-bond acceptors (Lipinski definition) is 3. The molecule has 2 aliphatic carbocycles. The monoisotopic (exact) mass is 361 g/mol. The molecule has 27 heavy (non-hydrogen) atoms. The lowest BCUT2D eigenvalue weighted by Gasteiger charge is -2.44. The quantitative estimate of drug-likeness (QED) is 0.729. The van der Waals surface area contributed by atoms with Crippen LogP contribution in [0.3, 0.4) is 0 Å². The number of aryl methyl sites for hydroxylation is 2. The molecule has 3 heteroatoms. The van der Waals surface area contributed by atoms with Gasteiger partial charge in [0.05, 0.1) is 18.7 Å². The van der Waals surface area contributed by atoms with E-state index in [1.165, 1.54) is 48.8 Å². The van der Waals surface area contributed by atoms with Gasteiger partial charge in [-0.2, -0.15) is 0 Å². The largest absolute Gasteiger partial charge is 0.465 e. The van der Waals surface area contributed by atoms with Crippen molar-refractivity contribution in [2.75, 3.05) is 12.4 Å². The van der Waals surface area contributed by atoms with Crippen LogP contribution in [0.1, 0.15) is 63.8 Å². The summed E-state index contributed by atoms with van der Waals surface area (Å²) in [7, 11) is 1.43. The number of carbonyl (C=O) groups is 1. The molecule has 3 nitrogen and oxygen atoms in total. The van der Waals surface area contributed by atoms with Gasteiger partial charge in [-0.15, -0.1) is 0 Å². The summed E-state index contributed by atoms with van der Waals surface area (Å²) < 4.78 is 4.85. The van der Waals surface area contributed by atoms with Crippen molar-refractivity contribution in [2.45, 2.75) is 45.1 Å². The zero-order valence-electron chi connectivity index (χ0n) is 16.3. The van der Waals surface area contributed by atoms with Gasteiger partial charge >= 0.3 is 5.97 Å². The fourth-order valence-corrected chi connectivity index (χ4v) is 6.30. The molecular weight excluding hydrogens is 334 g/mol. The molecule has 0 amide bonds. The Morgan fingerprint density at radius 1 is 1.07 bits per heavy atom. The van der Waals surface area contributed by atoms with Crippen molar-refractivity contribution in [1.82, 2.24) is 0 Å². The molecule has 0 unspecified atom stereocenters. The lowest BCUT2D eigenvalue weighted by Crippen LogP contribution is -2.36. The molecule has 1 N–H and O–H groups in total. The first-order valence-electron chi connectivity index (χ1n) is 10.1. The van der Waals surface area contributed by atoms with Crippen LogP contribution in [0.4, 0.5) is 5.69 Å². The molecule has 3 aliphatic rings. The molecule has 140 valence electrons. The van der Waals surface area contributed by atoms with Crippen LogP contribution in [0.5, 0.6) is 0 Å². The van der Waals surface area contributed by atoms with E-state index in [-0.39, 0.29) is 5.97 Å². The van der Waals surface area contributed by atoms with Gasteiger partial charge in [0.1, 0.15) is 0 Å². The molecule has 1 heterocycles. The standard InChI is InChI=1S/C24H27NO2/c1-13-10-14(2)20-19(11-13)25-23(22-18-9-8-17(12-18)21(20)22)15-4-6-16(7-5-15)24(26)27-3/h4-7,10-11,17-18,21-23,25H,8-9,12H2,1-3H3/t17-,18-,21+,22-,23-/m0/s1. The third-order valence-electron chi connectivity index (χ3n) is 7.23. The van der Waals surface area contributed by atoms with Crippen LogP contribution in [0.15, 0.2) is 36.4 Å². The number of carbonyl (C=O) groups excluding carboxylic acids is 1. The van der Waals surface area contributed by atoms with E-state index >= 15 is 0 Å². The minimum Gasteiger partial charge on any atom is -0.465 e. The Morgan fingerprint density at radius 2 is 1.81 bits per heavy atom. The van der Waals surface area contributed by atoms with Crippen molar-refractivity contribution in [2.24, 2.45) is 17.8 Å². The molecule has 2 bridgehead atoms. The fraction of sp³-hybridized carbons (Fsp3) is 0.458. The lowest BCUT2D eigenvalue weighted by molar-refractivity contribution is 0.0600. The fourth-order valence-electron chi connectivity index (χ4n) is 6.30. The zero-order valence-corrected chi connectivity index (χ0v) is 16.3. The smallest absolute Gasteiger partial charge is 0.337 e. The van der Waals surface area contributed by atoms with E-state index in [0.29, 0.717) is 23.4 Å². The highest BCUT2D eigenvalue weighted by Crippen LogP contribution is 2.64. The van der Waals surface area contributed by atoms with E-state index in [1.807, 2.05) is 12.1 Å². The third-order valence-corrected chi connectivity index (χ3v) is 7.23. The number of nitrogens with one attached hydrogen (secondary N) is 1. The Hall–Kier alpha value is -2.29. The van der Waals surface area contributed by atoms with Gasteiger partial charge in [-0.1, -0.05) is 18.2 Å². The molecule has 0 spiro atoms. The summed E-state index contributed by atoms with van der Waals surface area (Å²) in [6.45, 7) is 4.46. The van der Waals surface area contributed by atoms with Crippen molar-refractivity contribution in [1.29, 1.82) is 0 Å². The van der Waals surface area contributed by atoms with Crippen LogP contribution in [-0.2, 0) is 4.74 Å². The number of anilines is 1. The Balaban J connectivity index is 1.58. The van der Waals surface area contributed by atoms with Crippen molar-refractivity contribution in [3.8, 4) is 0 Å². The van der Waals surface area contributed by atoms with Gasteiger partial charge in [0.15, 0.2) is 0 Å². The summed E-state index contributed by atoms with van der Waals surface area (Å²) in [5.41, 5.74) is 7.56. The summed E-state index contributed by atoms with van der Waals surface area (Å²) in [5, 5.41) is 3.90. The SMILES string of the molecule is COC(=O)c1ccc([C@@H]2Nc3cc(C)cc(C)c3[C@H]3[C@H]4CC[C@@H](C4)[C@@H]32)cc1. The Kier molecular flexibility index (Phi) is 3.82. The Morgan fingerprint density at radius 3 is 2.56 bits per heavy atom. The summed E-state index contributed by atoms with van der Waals surface area (Å²) in [6, 6.07) is 13.0. The minimum absolute atomic E-state index is 0.271. The van der Waals surface area contributed by atoms with Gasteiger partial charge in [0, 0.05) is 5.69 Å². The number of hydrogen-bond donors (Lipinski definition) is 1. The summed E-state index contributed by atoms with van der Waals surface area (Å²) in [6.07, 6.45) is 4.12. The van der Waals surface area contributed by atoms with Crippen LogP contribution >= 0.6 is 0 Å². The number of ether oxygens (including phenoxy) is 1. The summed E-state index contributed by atoms with van der Waals surface area (Å²) >= 11 is 0. The van der Waals surface area contributed by atoms with E-state index in [9.17, 15) is 4.79 Å². The van der Waals surface area contributed by atoms with E-state index in [1.54, 1.807) is 5.56 Å². The van der Waals surface area contributed by atoms with Gasteiger partial charge in [-0.25, -0.2) is 4.79 Å². The van der Waals surface area contributed by atoms with Gasteiger partial charge in [-0.3, -0.25) is 0 Å². The highest BCUT2D eigenvalue weighted by molar-refractivity contribution is 5.89. The van der Waals surface area contributed by atoms with Crippen LogP contribution in [0.25, 0.3) is 0 Å². The van der Waals surface area contributed by atoms with Crippen LogP contribution < -0.4 is 5.32 Å². The van der Waals surface area contributed by atoms with Crippen molar-refractivity contribution < 1.29 is 9.53 Å². The average molecular weight is 361 g/mol. The Labute approximate surface area is 161 Å². The van der Waals surface area contributed by atoms with E-state index in [2.05, 4.69) is 43.4 Å². The first kappa shape index (κ1) is 16.9. The molecule has 1 aliphatic heterocycles. The molecule has 5 atom stereocenters. The molecule has 2 aromatic carbocycles. The van der Waals surface area contributed by atoms with Crippen LogP contribution in [-0.4, -0.2) is 13.1 Å². The van der Waals surface area contributed by atoms with Crippen molar-refractivity contribution >= 4 is 11.7 Å². The second-order valence-corrected chi connectivity index (χ2v) is 8.71. The maximum absolute atomic E-state index is 11.8. The van der Waals surface area contributed by atoms with E-state index < -0.39 is 0 Å². The van der Waals surface area contributed by atoms with Crippen molar-refractivity contribution in [3.05, 3.63) is 64.2 Å². The number of benzene rings is 2. The molecule has 2 aromatic rings. The second kappa shape index (κ2) is 6.12. The molecule has 5 rings (SSSR count). The van der Waals surface area contributed by atoms with Crippen LogP contribution in [0.2, 0.25) is 0 Å². The molecule has 2 fully saturated rings. The number of fused-ring (bicyclic) bond motifs is 7. The van der Waals surface area contributed by atoms with E-state index in [4.69, 9.17) is 4.74 Å². The van der Waals surface area contributed by atoms with Gasteiger partial charge < -0.3 is 10.1 Å². The second-order valence-electron chi connectivity index (χ2n) is 8.71. The van der Waals surface area contributed by atoms with E-state index in [0.717, 1.165) is 11.8 Å². The summed E-state index contributed by atoms with van der Waals surface area (Å²) in [5.74, 6) is 2.70. The maximum Gasteiger partial charge on any atom is 0.337 e. The predicted molar refractivity (Wildman–Crippen MR) is 107 cm³/mol. The number of rotatable bonds is 2. The first-order chi connectivity index (χ1) is 13.1. The highest BCUT2D eigenvalue weighted by Gasteiger charge is 2.54. The normalized spacial score (nSPS) is 30.4. The molecule has 0 aromatic heterocycles. The molecule has 0 radical (unpaired) electrons. The third kappa shape index (κ3) is 2.51. The van der Waals surface area contributed by atoms with Gasteiger partial charge in [0.25, 0.3) is 0 Å². The van der Waals surface area contributed by atoms with Crippen molar-refractivity contribution in [3.63, 3.8) is 0 Å². The predicted octanol–water partition coefficient (Wildman–Crippen LogP) is 5.39. The number of esters is 1. The minimum atomic E-state index is -0.271.